The van der Waals surface area contributed by atoms with Gasteiger partial charge in [0.05, 0.1) is 35.1 Å². The number of carbonyl (C=O) groups is 1. The monoisotopic (exact) mass is 417 g/mol. The molecule has 2 atom stereocenters. The van der Waals surface area contributed by atoms with Gasteiger partial charge < -0.3 is 4.74 Å². The highest BCUT2D eigenvalue weighted by Crippen LogP contribution is 2.38. The second kappa shape index (κ2) is 7.03. The highest BCUT2D eigenvalue weighted by atomic mass is 32.2. The molecule has 2 saturated heterocycles. The number of ether oxygens (including phenoxy) is 1. The first-order valence-electron chi connectivity index (χ1n) is 9.11. The fourth-order valence-electron chi connectivity index (χ4n) is 3.91. The number of hydrogen-bond acceptors (Lipinski definition) is 6. The van der Waals surface area contributed by atoms with Crippen LogP contribution < -0.4 is 14.5 Å². The Balaban J connectivity index is 1.71. The summed E-state index contributed by atoms with van der Waals surface area (Å²) in [6.07, 6.45) is 0. The number of carbonyl (C=O) groups excluding carboxylic acids is 1. The number of rotatable bonds is 5. The van der Waals surface area contributed by atoms with Gasteiger partial charge in [-0.25, -0.2) is 13.2 Å². The van der Waals surface area contributed by atoms with Gasteiger partial charge in [0.25, 0.3) is 5.69 Å². The van der Waals surface area contributed by atoms with Gasteiger partial charge in [-0.15, -0.1) is 0 Å². The topological polar surface area (TPSA) is 110 Å². The number of non-ortho nitro benzene ring substituents is 1. The predicted octanol–water partition coefficient (Wildman–Crippen LogP) is 2.61. The third kappa shape index (κ3) is 3.39. The number of urea groups is 1. The van der Waals surface area contributed by atoms with Gasteiger partial charge >= 0.3 is 6.03 Å². The van der Waals surface area contributed by atoms with Crippen LogP contribution in [-0.4, -0.2) is 49.6 Å². The molecule has 0 bridgehead atoms. The molecule has 2 aromatic carbocycles. The zero-order valence-corrected chi connectivity index (χ0v) is 16.4. The van der Waals surface area contributed by atoms with Crippen molar-refractivity contribution < 1.29 is 22.9 Å². The van der Waals surface area contributed by atoms with E-state index in [1.54, 1.807) is 24.3 Å². The summed E-state index contributed by atoms with van der Waals surface area (Å²) in [6.45, 7) is 2.38. The standard InChI is InChI=1S/C19H19N3O6S/c1-2-28-16-9-7-14(8-10-16)21-18-12-29(26,27)11-17(18)20(19(21)23)13-3-5-15(6-4-13)22(24)25/h3-10,17-18H,2,11-12H2,1H3/t17-,18+/m0/s1. The van der Waals surface area contributed by atoms with Gasteiger partial charge in [0.2, 0.25) is 0 Å². The lowest BCUT2D eigenvalue weighted by Gasteiger charge is -2.22. The normalized spacial score (nSPS) is 22.6. The summed E-state index contributed by atoms with van der Waals surface area (Å²) in [5, 5.41) is 10.9. The van der Waals surface area contributed by atoms with Crippen LogP contribution in [0.2, 0.25) is 0 Å². The minimum atomic E-state index is -3.32. The van der Waals surface area contributed by atoms with Crippen molar-refractivity contribution >= 4 is 32.9 Å². The minimum Gasteiger partial charge on any atom is -0.494 e. The molecule has 152 valence electrons. The summed E-state index contributed by atoms with van der Waals surface area (Å²) in [4.78, 5) is 26.6. The van der Waals surface area contributed by atoms with E-state index in [1.165, 1.54) is 34.1 Å². The minimum absolute atomic E-state index is 0.0978. The van der Waals surface area contributed by atoms with Crippen LogP contribution in [0.1, 0.15) is 6.92 Å². The van der Waals surface area contributed by atoms with Crippen LogP contribution in [0.5, 0.6) is 5.75 Å². The van der Waals surface area contributed by atoms with Gasteiger partial charge in [-0.2, -0.15) is 0 Å². The Bertz CT molecular complexity index is 1050. The molecule has 2 amide bonds. The van der Waals surface area contributed by atoms with E-state index in [1.807, 2.05) is 6.92 Å². The molecular formula is C19H19N3O6S. The number of nitro groups is 1. The van der Waals surface area contributed by atoms with Gasteiger partial charge in [0.15, 0.2) is 9.84 Å². The molecule has 2 aromatic rings. The van der Waals surface area contributed by atoms with E-state index in [0.717, 1.165) is 0 Å². The molecule has 2 aliphatic rings. The van der Waals surface area contributed by atoms with Gasteiger partial charge in [0.1, 0.15) is 5.75 Å². The molecular weight excluding hydrogens is 398 g/mol. The van der Waals surface area contributed by atoms with Crippen molar-refractivity contribution in [3.63, 3.8) is 0 Å². The lowest BCUT2D eigenvalue weighted by atomic mass is 10.1. The number of nitro benzene ring substituents is 1. The first kappa shape index (κ1) is 19.2. The SMILES string of the molecule is CCOc1ccc(N2C(=O)N(c3ccc([N+](=O)[O-])cc3)[C@H]3CS(=O)(=O)C[C@H]32)cc1. The first-order chi connectivity index (χ1) is 13.8. The molecule has 2 aliphatic heterocycles. The maximum atomic E-state index is 13.3. The Morgan fingerprint density at radius 1 is 1.00 bits per heavy atom. The Morgan fingerprint density at radius 3 is 1.93 bits per heavy atom. The van der Waals surface area contributed by atoms with E-state index in [0.29, 0.717) is 23.7 Å². The molecule has 29 heavy (non-hydrogen) atoms. The van der Waals surface area contributed by atoms with E-state index in [-0.39, 0.29) is 23.2 Å². The third-order valence-corrected chi connectivity index (χ3v) is 6.83. The molecule has 2 fully saturated rings. The van der Waals surface area contributed by atoms with Crippen LogP contribution in [0.25, 0.3) is 0 Å². The molecule has 0 saturated carbocycles. The van der Waals surface area contributed by atoms with Crippen molar-refractivity contribution in [1.82, 2.24) is 0 Å². The second-order valence-electron chi connectivity index (χ2n) is 6.93. The molecule has 0 radical (unpaired) electrons. The Hall–Kier alpha value is -3.14. The predicted molar refractivity (Wildman–Crippen MR) is 107 cm³/mol. The first-order valence-corrected chi connectivity index (χ1v) is 10.9. The van der Waals surface area contributed by atoms with Crippen molar-refractivity contribution in [2.24, 2.45) is 0 Å². The lowest BCUT2D eigenvalue weighted by molar-refractivity contribution is -0.384. The fourth-order valence-corrected chi connectivity index (χ4v) is 5.83. The number of hydrogen-bond donors (Lipinski definition) is 0. The molecule has 0 aromatic heterocycles. The highest BCUT2D eigenvalue weighted by molar-refractivity contribution is 7.91. The second-order valence-corrected chi connectivity index (χ2v) is 9.09. The Kier molecular flexibility index (Phi) is 4.65. The Labute approximate surface area is 167 Å². The molecule has 2 heterocycles. The van der Waals surface area contributed by atoms with Crippen LogP contribution in [0, 0.1) is 10.1 Å². The molecule has 0 spiro atoms. The van der Waals surface area contributed by atoms with Crippen LogP contribution >= 0.6 is 0 Å². The molecule has 0 aliphatic carbocycles. The summed E-state index contributed by atoms with van der Waals surface area (Å²) in [5.74, 6) is 0.388. The summed E-state index contributed by atoms with van der Waals surface area (Å²) >= 11 is 0. The molecule has 10 heteroatoms. The number of amides is 2. The van der Waals surface area contributed by atoms with Crippen molar-refractivity contribution in [3.8, 4) is 5.75 Å². The van der Waals surface area contributed by atoms with Crippen LogP contribution in [0.4, 0.5) is 21.9 Å². The fraction of sp³-hybridized carbons (Fsp3) is 0.316. The zero-order valence-electron chi connectivity index (χ0n) is 15.6. The maximum absolute atomic E-state index is 13.3. The van der Waals surface area contributed by atoms with Crippen molar-refractivity contribution in [3.05, 3.63) is 58.6 Å². The van der Waals surface area contributed by atoms with Crippen LogP contribution in [0.3, 0.4) is 0 Å². The molecule has 0 unspecified atom stereocenters. The van der Waals surface area contributed by atoms with E-state index in [2.05, 4.69) is 0 Å². The summed E-state index contributed by atoms with van der Waals surface area (Å²) < 4.78 is 30.1. The largest absolute Gasteiger partial charge is 0.494 e. The van der Waals surface area contributed by atoms with E-state index >= 15 is 0 Å². The van der Waals surface area contributed by atoms with Crippen LogP contribution in [0.15, 0.2) is 48.5 Å². The van der Waals surface area contributed by atoms with Gasteiger partial charge in [0, 0.05) is 23.5 Å². The molecule has 4 rings (SSSR count). The van der Waals surface area contributed by atoms with E-state index in [4.69, 9.17) is 4.74 Å². The smallest absolute Gasteiger partial charge is 0.329 e. The van der Waals surface area contributed by atoms with Crippen molar-refractivity contribution in [2.45, 2.75) is 19.0 Å². The third-order valence-electron chi connectivity index (χ3n) is 5.13. The van der Waals surface area contributed by atoms with Crippen molar-refractivity contribution in [1.29, 1.82) is 0 Å². The average Bonchev–Trinajstić information content (AvgIpc) is 3.11. The quantitative estimate of drug-likeness (QED) is 0.420. The average molecular weight is 417 g/mol. The van der Waals surface area contributed by atoms with Gasteiger partial charge in [-0.1, -0.05) is 0 Å². The van der Waals surface area contributed by atoms with E-state index in [9.17, 15) is 23.3 Å². The summed E-state index contributed by atoms with van der Waals surface area (Å²) in [6, 6.07) is 11.0. The number of nitrogens with zero attached hydrogens (tertiary/aromatic N) is 3. The number of anilines is 2. The van der Waals surface area contributed by atoms with Gasteiger partial charge in [-0.3, -0.25) is 19.9 Å². The number of benzene rings is 2. The lowest BCUT2D eigenvalue weighted by Crippen LogP contribution is -2.37. The van der Waals surface area contributed by atoms with Crippen LogP contribution in [-0.2, 0) is 9.84 Å². The van der Waals surface area contributed by atoms with Crippen molar-refractivity contribution in [2.75, 3.05) is 27.9 Å². The number of fused-ring (bicyclic) bond motifs is 1. The Morgan fingerprint density at radius 2 is 1.48 bits per heavy atom. The zero-order chi connectivity index (χ0) is 20.8. The summed E-state index contributed by atoms with van der Waals surface area (Å²) in [7, 11) is -3.32. The van der Waals surface area contributed by atoms with Gasteiger partial charge in [-0.05, 0) is 43.3 Å². The maximum Gasteiger partial charge on any atom is 0.329 e. The highest BCUT2D eigenvalue weighted by Gasteiger charge is 2.54. The molecule has 0 N–H and O–H groups in total. The summed E-state index contributed by atoms with van der Waals surface area (Å²) in [5.41, 5.74) is 0.912. The molecule has 9 nitrogen and oxygen atoms in total. The number of sulfone groups is 1. The van der Waals surface area contributed by atoms with E-state index < -0.39 is 26.8 Å².